The van der Waals surface area contributed by atoms with Crippen molar-refractivity contribution in [2.24, 2.45) is 23.7 Å². The normalized spacial score (nSPS) is 32.8. The Labute approximate surface area is 160 Å². The first-order valence-electron chi connectivity index (χ1n) is 9.90. The topological polar surface area (TPSA) is 30.5 Å². The third-order valence-electron chi connectivity index (χ3n) is 6.55. The first-order chi connectivity index (χ1) is 12.2. The molecule has 25 heavy (non-hydrogen) atoms. The first kappa shape index (κ1) is 17.7. The van der Waals surface area contributed by atoms with Crippen molar-refractivity contribution in [1.82, 2.24) is 5.32 Å². The second-order valence-corrected chi connectivity index (χ2v) is 9.13. The van der Waals surface area contributed by atoms with E-state index in [2.05, 4.69) is 40.3 Å². The number of rotatable bonds is 7. The summed E-state index contributed by atoms with van der Waals surface area (Å²) in [4.78, 5) is 0. The molecule has 4 aliphatic carbocycles. The zero-order valence-electron chi connectivity index (χ0n) is 15.4. The standard InChI is InChI=1S/C21H30BrNO2/c1-3-4-25-20-11-18(22)17(10-19(20)24-2)12-23-21-15-6-13-5-14(8-15)9-16(21)7-13/h10-11,13-16,21,23H,3-9,12H2,1-2H3. The third-order valence-corrected chi connectivity index (χ3v) is 7.29. The van der Waals surface area contributed by atoms with Gasteiger partial charge in [-0.2, -0.15) is 0 Å². The van der Waals surface area contributed by atoms with E-state index in [1.54, 1.807) is 7.11 Å². The molecule has 0 aromatic heterocycles. The quantitative estimate of drug-likeness (QED) is 0.676. The molecule has 0 amide bonds. The van der Waals surface area contributed by atoms with Gasteiger partial charge in [-0.05, 0) is 79.9 Å². The number of ether oxygens (including phenoxy) is 2. The van der Waals surface area contributed by atoms with Crippen molar-refractivity contribution in [3.8, 4) is 11.5 Å². The summed E-state index contributed by atoms with van der Waals surface area (Å²) < 4.78 is 12.5. The van der Waals surface area contributed by atoms with E-state index in [-0.39, 0.29) is 0 Å². The predicted molar refractivity (Wildman–Crippen MR) is 104 cm³/mol. The molecule has 4 fully saturated rings. The fourth-order valence-corrected chi connectivity index (χ4v) is 6.15. The van der Waals surface area contributed by atoms with Crippen LogP contribution in [0.25, 0.3) is 0 Å². The molecule has 3 nitrogen and oxygen atoms in total. The number of benzene rings is 1. The van der Waals surface area contributed by atoms with Crippen LogP contribution in [0.3, 0.4) is 0 Å². The van der Waals surface area contributed by atoms with E-state index in [9.17, 15) is 0 Å². The maximum Gasteiger partial charge on any atom is 0.162 e. The Hall–Kier alpha value is -0.740. The molecule has 4 heteroatoms. The first-order valence-corrected chi connectivity index (χ1v) is 10.7. The summed E-state index contributed by atoms with van der Waals surface area (Å²) in [5.41, 5.74) is 1.26. The minimum Gasteiger partial charge on any atom is -0.493 e. The molecule has 1 aromatic carbocycles. The molecule has 0 spiro atoms. The van der Waals surface area contributed by atoms with E-state index in [1.165, 1.54) is 37.7 Å². The lowest BCUT2D eigenvalue weighted by molar-refractivity contribution is -0.0142. The van der Waals surface area contributed by atoms with E-state index >= 15 is 0 Å². The summed E-state index contributed by atoms with van der Waals surface area (Å²) >= 11 is 3.73. The molecule has 1 aromatic rings. The zero-order chi connectivity index (χ0) is 17.4. The van der Waals surface area contributed by atoms with Crippen molar-refractivity contribution < 1.29 is 9.47 Å². The van der Waals surface area contributed by atoms with Crippen molar-refractivity contribution in [3.05, 3.63) is 22.2 Å². The van der Waals surface area contributed by atoms with Crippen LogP contribution < -0.4 is 14.8 Å². The minimum atomic E-state index is 0.710. The molecule has 0 unspecified atom stereocenters. The maximum atomic E-state index is 5.81. The molecule has 0 atom stereocenters. The van der Waals surface area contributed by atoms with Gasteiger partial charge in [-0.15, -0.1) is 0 Å². The molecule has 4 bridgehead atoms. The average molecular weight is 408 g/mol. The van der Waals surface area contributed by atoms with E-state index in [0.29, 0.717) is 12.6 Å². The van der Waals surface area contributed by atoms with Crippen LogP contribution in [-0.4, -0.2) is 19.8 Å². The number of methoxy groups -OCH3 is 1. The van der Waals surface area contributed by atoms with E-state index in [4.69, 9.17) is 9.47 Å². The van der Waals surface area contributed by atoms with Gasteiger partial charge in [-0.1, -0.05) is 22.9 Å². The van der Waals surface area contributed by atoms with Crippen molar-refractivity contribution in [1.29, 1.82) is 0 Å². The summed E-state index contributed by atoms with van der Waals surface area (Å²) in [6, 6.07) is 4.89. The lowest BCUT2D eigenvalue weighted by atomic mass is 9.54. The zero-order valence-corrected chi connectivity index (χ0v) is 17.0. The fraction of sp³-hybridized carbons (Fsp3) is 0.714. The molecule has 0 heterocycles. The molecule has 5 rings (SSSR count). The number of nitrogens with one attached hydrogen (secondary N) is 1. The Kier molecular flexibility index (Phi) is 5.28. The second kappa shape index (κ2) is 7.48. The third kappa shape index (κ3) is 3.57. The van der Waals surface area contributed by atoms with Crippen molar-refractivity contribution in [2.75, 3.05) is 13.7 Å². The Balaban J connectivity index is 1.44. The second-order valence-electron chi connectivity index (χ2n) is 8.28. The van der Waals surface area contributed by atoms with Gasteiger partial charge in [0.25, 0.3) is 0 Å². The number of halogens is 1. The van der Waals surface area contributed by atoms with Crippen molar-refractivity contribution in [2.45, 2.75) is 58.0 Å². The Morgan fingerprint density at radius 3 is 2.32 bits per heavy atom. The van der Waals surface area contributed by atoms with E-state index in [1.807, 2.05) is 0 Å². The van der Waals surface area contributed by atoms with Gasteiger partial charge in [-0.3, -0.25) is 0 Å². The SMILES string of the molecule is CCCOc1cc(Br)c(CNC2C3CC4CC(C3)CC2C4)cc1OC. The largest absolute Gasteiger partial charge is 0.493 e. The van der Waals surface area contributed by atoms with E-state index < -0.39 is 0 Å². The fourth-order valence-electron chi connectivity index (χ4n) is 5.68. The van der Waals surface area contributed by atoms with Gasteiger partial charge >= 0.3 is 0 Å². The number of hydrogen-bond donors (Lipinski definition) is 1. The molecule has 138 valence electrons. The van der Waals surface area contributed by atoms with E-state index in [0.717, 1.165) is 52.6 Å². The Bertz CT molecular complexity index is 590. The van der Waals surface area contributed by atoms with Crippen LogP contribution in [0.15, 0.2) is 16.6 Å². The van der Waals surface area contributed by atoms with Crippen LogP contribution in [-0.2, 0) is 6.54 Å². The van der Waals surface area contributed by atoms with Crippen molar-refractivity contribution >= 4 is 15.9 Å². The van der Waals surface area contributed by atoms with Crippen LogP contribution in [0.2, 0.25) is 0 Å². The molecule has 1 N–H and O–H groups in total. The van der Waals surface area contributed by atoms with Crippen LogP contribution in [0.5, 0.6) is 11.5 Å². The minimum absolute atomic E-state index is 0.710. The highest BCUT2D eigenvalue weighted by atomic mass is 79.9. The lowest BCUT2D eigenvalue weighted by Gasteiger charge is -2.54. The highest BCUT2D eigenvalue weighted by molar-refractivity contribution is 9.10. The molecular formula is C21H30BrNO2. The molecule has 4 aliphatic rings. The highest BCUT2D eigenvalue weighted by Crippen LogP contribution is 2.53. The van der Waals surface area contributed by atoms with Crippen LogP contribution in [0.4, 0.5) is 0 Å². The number of hydrogen-bond acceptors (Lipinski definition) is 3. The summed E-state index contributed by atoms with van der Waals surface area (Å²) in [6.07, 6.45) is 8.34. The molecule has 0 radical (unpaired) electrons. The summed E-state index contributed by atoms with van der Waals surface area (Å²) in [5.74, 6) is 5.53. The average Bonchev–Trinajstić information content (AvgIpc) is 2.60. The Morgan fingerprint density at radius 2 is 1.72 bits per heavy atom. The predicted octanol–water partition coefficient (Wildman–Crippen LogP) is 5.16. The Morgan fingerprint density at radius 1 is 1.04 bits per heavy atom. The van der Waals surface area contributed by atoms with Crippen LogP contribution >= 0.6 is 15.9 Å². The maximum absolute atomic E-state index is 5.81. The van der Waals surface area contributed by atoms with Gasteiger partial charge in [0.1, 0.15) is 0 Å². The van der Waals surface area contributed by atoms with Gasteiger partial charge in [0.05, 0.1) is 13.7 Å². The molecule has 4 saturated carbocycles. The summed E-state index contributed by atoms with van der Waals surface area (Å²) in [5, 5.41) is 3.91. The van der Waals surface area contributed by atoms with Crippen LogP contribution in [0, 0.1) is 23.7 Å². The van der Waals surface area contributed by atoms with Crippen LogP contribution in [0.1, 0.15) is 51.0 Å². The monoisotopic (exact) mass is 407 g/mol. The van der Waals surface area contributed by atoms with Gasteiger partial charge < -0.3 is 14.8 Å². The van der Waals surface area contributed by atoms with Gasteiger partial charge in [0.2, 0.25) is 0 Å². The summed E-state index contributed by atoms with van der Waals surface area (Å²) in [7, 11) is 1.72. The van der Waals surface area contributed by atoms with Gasteiger partial charge in [0, 0.05) is 17.1 Å². The van der Waals surface area contributed by atoms with Crippen molar-refractivity contribution in [3.63, 3.8) is 0 Å². The summed E-state index contributed by atoms with van der Waals surface area (Å²) in [6.45, 7) is 3.73. The molecular weight excluding hydrogens is 378 g/mol. The highest BCUT2D eigenvalue weighted by Gasteiger charge is 2.47. The molecule has 0 aliphatic heterocycles. The van der Waals surface area contributed by atoms with Gasteiger partial charge in [-0.25, -0.2) is 0 Å². The smallest absolute Gasteiger partial charge is 0.162 e. The molecule has 0 saturated heterocycles. The lowest BCUT2D eigenvalue weighted by Crippen LogP contribution is -2.54. The van der Waals surface area contributed by atoms with Gasteiger partial charge in [0.15, 0.2) is 11.5 Å².